The van der Waals surface area contributed by atoms with Crippen LogP contribution in [0.15, 0.2) is 24.4 Å². The van der Waals surface area contributed by atoms with E-state index >= 15 is 0 Å². The molecule has 0 spiro atoms. The third-order valence-corrected chi connectivity index (χ3v) is 4.47. The Kier molecular flexibility index (Phi) is 7.39. The summed E-state index contributed by atoms with van der Waals surface area (Å²) in [5, 5.41) is 3.24. The van der Waals surface area contributed by atoms with Gasteiger partial charge in [-0.25, -0.2) is 4.98 Å². The zero-order valence-electron chi connectivity index (χ0n) is 12.8. The van der Waals surface area contributed by atoms with Gasteiger partial charge < -0.3 is 15.1 Å². The molecule has 1 atom stereocenters. The number of carbonyl (C=O) groups is 1. The lowest BCUT2D eigenvalue weighted by Crippen LogP contribution is -2.54. The second kappa shape index (κ2) is 8.56. The van der Waals surface area contributed by atoms with Gasteiger partial charge in [-0.05, 0) is 31.1 Å². The van der Waals surface area contributed by atoms with Crippen LogP contribution in [0, 0.1) is 11.8 Å². The predicted octanol–water partition coefficient (Wildman–Crippen LogP) is 1.43. The first-order chi connectivity index (χ1) is 9.75. The van der Waals surface area contributed by atoms with Gasteiger partial charge in [-0.1, -0.05) is 13.0 Å². The van der Waals surface area contributed by atoms with E-state index in [0.29, 0.717) is 11.8 Å². The number of pyridine rings is 1. The summed E-state index contributed by atoms with van der Waals surface area (Å²) in [5.74, 6) is 2.00. The van der Waals surface area contributed by atoms with Gasteiger partial charge in [0.1, 0.15) is 5.82 Å². The summed E-state index contributed by atoms with van der Waals surface area (Å²) in [6.45, 7) is 7.40. The average Bonchev–Trinajstić information content (AvgIpc) is 2.46. The van der Waals surface area contributed by atoms with Gasteiger partial charge in [0.15, 0.2) is 0 Å². The molecular weight excluding hydrogens is 323 g/mol. The molecule has 0 radical (unpaired) electrons. The fourth-order valence-electron chi connectivity index (χ4n) is 2.85. The minimum Gasteiger partial charge on any atom is -0.353 e. The van der Waals surface area contributed by atoms with Gasteiger partial charge in [0, 0.05) is 38.3 Å². The Labute approximate surface area is 144 Å². The highest BCUT2D eigenvalue weighted by Gasteiger charge is 2.32. The first kappa shape index (κ1) is 19.0. The van der Waals surface area contributed by atoms with Crippen LogP contribution in [0.3, 0.4) is 0 Å². The number of nitrogens with zero attached hydrogens (tertiary/aromatic N) is 3. The van der Waals surface area contributed by atoms with Crippen molar-refractivity contribution in [3.05, 3.63) is 24.4 Å². The highest BCUT2D eigenvalue weighted by atomic mass is 35.5. The molecule has 2 aliphatic heterocycles. The predicted molar refractivity (Wildman–Crippen MR) is 93.0 cm³/mol. The van der Waals surface area contributed by atoms with Crippen LogP contribution in [0.2, 0.25) is 0 Å². The maximum absolute atomic E-state index is 12.4. The number of amides is 1. The van der Waals surface area contributed by atoms with E-state index in [2.05, 4.69) is 22.1 Å². The number of nitrogens with one attached hydrogen (secondary N) is 1. The van der Waals surface area contributed by atoms with Crippen LogP contribution < -0.4 is 10.2 Å². The van der Waals surface area contributed by atoms with Crippen LogP contribution in [0.25, 0.3) is 0 Å². The molecular formula is C15H24Cl2N4O. The van der Waals surface area contributed by atoms with Crippen LogP contribution in [0.4, 0.5) is 5.82 Å². The summed E-state index contributed by atoms with van der Waals surface area (Å²) in [6, 6.07) is 5.96. The standard InChI is InChI=1S/C15H22N4O.2ClH/c1-12(13-10-16-11-13)15(20)19-8-6-18(7-9-19)14-4-2-3-5-17-14;;/h2-5,12-13,16H,6-11H2,1H3;2*1H. The molecule has 124 valence electrons. The number of aromatic nitrogens is 1. The molecule has 1 amide bonds. The van der Waals surface area contributed by atoms with Crippen molar-refractivity contribution in [1.82, 2.24) is 15.2 Å². The molecule has 2 saturated heterocycles. The monoisotopic (exact) mass is 346 g/mol. The molecule has 1 aromatic rings. The fraction of sp³-hybridized carbons (Fsp3) is 0.600. The molecule has 0 aliphatic carbocycles. The summed E-state index contributed by atoms with van der Waals surface area (Å²) in [5.41, 5.74) is 0. The zero-order valence-corrected chi connectivity index (χ0v) is 14.4. The second-order valence-electron chi connectivity index (χ2n) is 5.71. The van der Waals surface area contributed by atoms with Gasteiger partial charge in [0.2, 0.25) is 5.91 Å². The number of hydrogen-bond donors (Lipinski definition) is 1. The Morgan fingerprint density at radius 1 is 1.23 bits per heavy atom. The van der Waals surface area contributed by atoms with Crippen molar-refractivity contribution in [1.29, 1.82) is 0 Å². The zero-order chi connectivity index (χ0) is 13.9. The molecule has 0 bridgehead atoms. The topological polar surface area (TPSA) is 48.5 Å². The first-order valence-electron chi connectivity index (χ1n) is 7.41. The van der Waals surface area contributed by atoms with Gasteiger partial charge in [-0.3, -0.25) is 4.79 Å². The van der Waals surface area contributed by atoms with E-state index in [1.165, 1.54) is 0 Å². The molecule has 1 aromatic heterocycles. The lowest BCUT2D eigenvalue weighted by Gasteiger charge is -2.39. The van der Waals surface area contributed by atoms with Gasteiger partial charge >= 0.3 is 0 Å². The quantitative estimate of drug-likeness (QED) is 0.899. The number of rotatable bonds is 3. The van der Waals surface area contributed by atoms with Crippen LogP contribution in [0.5, 0.6) is 0 Å². The van der Waals surface area contributed by atoms with Crippen LogP contribution in [0.1, 0.15) is 6.92 Å². The summed E-state index contributed by atoms with van der Waals surface area (Å²) in [6.07, 6.45) is 1.82. The smallest absolute Gasteiger partial charge is 0.225 e. The average molecular weight is 347 g/mol. The Balaban J connectivity index is 0.00000121. The first-order valence-corrected chi connectivity index (χ1v) is 7.41. The van der Waals surface area contributed by atoms with Crippen LogP contribution in [-0.4, -0.2) is 55.1 Å². The normalized spacial score (nSPS) is 19.5. The van der Waals surface area contributed by atoms with Gasteiger partial charge in [0.25, 0.3) is 0 Å². The van der Waals surface area contributed by atoms with Crippen molar-refractivity contribution in [3.63, 3.8) is 0 Å². The molecule has 5 nitrogen and oxygen atoms in total. The Morgan fingerprint density at radius 2 is 1.91 bits per heavy atom. The summed E-state index contributed by atoms with van der Waals surface area (Å²) in [4.78, 5) is 21.1. The van der Waals surface area contributed by atoms with E-state index in [-0.39, 0.29) is 30.7 Å². The number of halogens is 2. The molecule has 0 aromatic carbocycles. The summed E-state index contributed by atoms with van der Waals surface area (Å²) in [7, 11) is 0. The minimum atomic E-state index is 0. The van der Waals surface area contributed by atoms with Crippen molar-refractivity contribution >= 4 is 36.5 Å². The van der Waals surface area contributed by atoms with E-state index in [1.54, 1.807) is 0 Å². The lowest BCUT2D eigenvalue weighted by molar-refractivity contribution is -0.137. The number of carbonyl (C=O) groups excluding carboxylic acids is 1. The van der Waals surface area contributed by atoms with E-state index in [1.807, 2.05) is 29.3 Å². The minimum absolute atomic E-state index is 0. The molecule has 1 unspecified atom stereocenters. The van der Waals surface area contributed by atoms with Gasteiger partial charge in [0.05, 0.1) is 0 Å². The molecule has 3 rings (SSSR count). The largest absolute Gasteiger partial charge is 0.353 e. The van der Waals surface area contributed by atoms with Gasteiger partial charge in [-0.2, -0.15) is 0 Å². The molecule has 1 N–H and O–H groups in total. The second-order valence-corrected chi connectivity index (χ2v) is 5.71. The van der Waals surface area contributed by atoms with E-state index in [9.17, 15) is 4.79 Å². The number of anilines is 1. The van der Waals surface area contributed by atoms with Crippen molar-refractivity contribution in [2.24, 2.45) is 11.8 Å². The molecule has 3 heterocycles. The van der Waals surface area contributed by atoms with E-state index in [4.69, 9.17) is 0 Å². The maximum Gasteiger partial charge on any atom is 0.225 e. The third-order valence-electron chi connectivity index (χ3n) is 4.47. The van der Waals surface area contributed by atoms with Crippen molar-refractivity contribution in [2.45, 2.75) is 6.92 Å². The number of hydrogen-bond acceptors (Lipinski definition) is 4. The molecule has 2 fully saturated rings. The SMILES string of the molecule is CC(C(=O)N1CCN(c2ccccn2)CC1)C1CNC1.Cl.Cl. The maximum atomic E-state index is 12.4. The highest BCUT2D eigenvalue weighted by Crippen LogP contribution is 2.20. The Bertz CT molecular complexity index is 462. The molecule has 0 saturated carbocycles. The highest BCUT2D eigenvalue weighted by molar-refractivity contribution is 5.85. The van der Waals surface area contributed by atoms with Crippen molar-refractivity contribution < 1.29 is 4.79 Å². The molecule has 22 heavy (non-hydrogen) atoms. The van der Waals surface area contributed by atoms with Crippen LogP contribution >= 0.6 is 24.8 Å². The lowest BCUT2D eigenvalue weighted by atomic mass is 9.88. The third kappa shape index (κ3) is 4.03. The van der Waals surface area contributed by atoms with Crippen LogP contribution in [-0.2, 0) is 4.79 Å². The molecule has 2 aliphatic rings. The number of piperazine rings is 1. The molecule has 7 heteroatoms. The van der Waals surface area contributed by atoms with E-state index < -0.39 is 0 Å². The Morgan fingerprint density at radius 3 is 2.41 bits per heavy atom. The Hall–Kier alpha value is -1.04. The fourth-order valence-corrected chi connectivity index (χ4v) is 2.85. The van der Waals surface area contributed by atoms with E-state index in [0.717, 1.165) is 45.1 Å². The van der Waals surface area contributed by atoms with Gasteiger partial charge in [-0.15, -0.1) is 24.8 Å². The van der Waals surface area contributed by atoms with Crippen molar-refractivity contribution in [3.8, 4) is 0 Å². The summed E-state index contributed by atoms with van der Waals surface area (Å²) < 4.78 is 0. The summed E-state index contributed by atoms with van der Waals surface area (Å²) >= 11 is 0. The van der Waals surface area contributed by atoms with Crippen molar-refractivity contribution in [2.75, 3.05) is 44.2 Å².